The lowest BCUT2D eigenvalue weighted by atomic mass is 10.0. The third kappa shape index (κ3) is 77.0. The minimum absolute atomic E-state index is 0.174. The van der Waals surface area contributed by atoms with Crippen LogP contribution in [-0.2, 0) is 33.3 Å². The zero-order valence-corrected chi connectivity index (χ0v) is 63.2. The Morgan fingerprint density at radius 3 is 0.796 bits per heavy atom. The number of carbonyl (C=O) groups is 3. The highest BCUT2D eigenvalue weighted by Crippen LogP contribution is 2.20. The number of carboxylic acids is 1. The number of hydrogen-bond acceptors (Lipinski definition) is 7. The van der Waals surface area contributed by atoms with Crippen LogP contribution >= 0.6 is 0 Å². The maximum atomic E-state index is 13.0. The van der Waals surface area contributed by atoms with E-state index in [2.05, 4.69) is 38.2 Å². The summed E-state index contributed by atoms with van der Waals surface area (Å²) >= 11 is 0. The molecule has 0 rings (SSSR count). The predicted molar refractivity (Wildman–Crippen MR) is 401 cm³/mol. The van der Waals surface area contributed by atoms with E-state index < -0.39 is 18.4 Å². The molecule has 0 saturated carbocycles. The van der Waals surface area contributed by atoms with Crippen molar-refractivity contribution in [3.63, 3.8) is 0 Å². The van der Waals surface area contributed by atoms with Crippen molar-refractivity contribution in [2.45, 2.75) is 450 Å². The van der Waals surface area contributed by atoms with Gasteiger partial charge in [-0.15, -0.1) is 0 Å². The normalized spacial score (nSPS) is 12.7. The van der Waals surface area contributed by atoms with Crippen molar-refractivity contribution in [3.8, 4) is 0 Å². The Hall–Kier alpha value is -2.23. The van der Waals surface area contributed by atoms with Crippen LogP contribution in [-0.4, -0.2) is 87.4 Å². The van der Waals surface area contributed by atoms with Crippen molar-refractivity contribution in [1.82, 2.24) is 0 Å². The first-order valence-electron chi connectivity index (χ1n) is 41.5. The summed E-state index contributed by atoms with van der Waals surface area (Å²) < 4.78 is 23.1. The van der Waals surface area contributed by atoms with Crippen LogP contribution in [0.2, 0.25) is 0 Å². The highest BCUT2D eigenvalue weighted by atomic mass is 16.7. The average Bonchev–Trinajstić information content (AvgIpc) is 3.38. The molecule has 0 heterocycles. The van der Waals surface area contributed by atoms with Crippen LogP contribution < -0.4 is 0 Å². The minimum atomic E-state index is -1.51. The summed E-state index contributed by atoms with van der Waals surface area (Å²) in [7, 11) is 6.00. The van der Waals surface area contributed by atoms with Gasteiger partial charge in [-0.2, -0.15) is 0 Å². The summed E-state index contributed by atoms with van der Waals surface area (Å²) in [6.45, 7) is 4.96. The quantitative estimate of drug-likeness (QED) is 0.0211. The molecule has 0 fully saturated rings. The number of rotatable bonds is 79. The zero-order valence-electron chi connectivity index (χ0n) is 63.2. The molecule has 0 bridgehead atoms. The first-order valence-corrected chi connectivity index (χ1v) is 41.5. The van der Waals surface area contributed by atoms with Crippen LogP contribution in [0.3, 0.4) is 0 Å². The number of nitrogens with zero attached hydrogens (tertiary/aromatic N) is 1. The summed E-state index contributed by atoms with van der Waals surface area (Å²) in [4.78, 5) is 37.7. The van der Waals surface area contributed by atoms with Gasteiger partial charge in [0.15, 0.2) is 6.10 Å². The van der Waals surface area contributed by atoms with E-state index in [1.807, 2.05) is 21.1 Å². The van der Waals surface area contributed by atoms with Gasteiger partial charge in [0.1, 0.15) is 13.2 Å². The number of carbonyl (C=O) groups excluding carboxylic acids is 2. The van der Waals surface area contributed by atoms with Gasteiger partial charge in [-0.3, -0.25) is 9.59 Å². The molecule has 0 aliphatic rings. The fourth-order valence-electron chi connectivity index (χ4n) is 12.8. The molecule has 0 aliphatic carbocycles. The summed E-state index contributed by atoms with van der Waals surface area (Å²) in [6.07, 6.45) is 93.6. The smallest absolute Gasteiger partial charge is 0.361 e. The average molecular weight is 1310 g/mol. The van der Waals surface area contributed by atoms with E-state index in [1.54, 1.807) is 0 Å². The maximum Gasteiger partial charge on any atom is 0.361 e. The molecule has 0 amide bonds. The second-order valence-corrected chi connectivity index (χ2v) is 29.8. The molecule has 0 spiro atoms. The minimum Gasteiger partial charge on any atom is -0.477 e. The van der Waals surface area contributed by atoms with Crippen LogP contribution in [0.25, 0.3) is 0 Å². The number of unbranched alkanes of at least 4 members (excludes halogenated alkanes) is 60. The summed E-state index contributed by atoms with van der Waals surface area (Å²) in [5.41, 5.74) is 0. The molecule has 0 aromatic carbocycles. The lowest BCUT2D eigenvalue weighted by Crippen LogP contribution is -2.40. The number of ether oxygens (including phenoxy) is 4. The van der Waals surface area contributed by atoms with Gasteiger partial charge in [-0.1, -0.05) is 385 Å². The largest absolute Gasteiger partial charge is 0.477 e. The number of hydrogen-bond donors (Lipinski definition) is 1. The Labute approximate surface area is 579 Å². The van der Waals surface area contributed by atoms with Gasteiger partial charge in [0.25, 0.3) is 6.29 Å². The number of esters is 2. The van der Waals surface area contributed by atoms with Crippen molar-refractivity contribution in [2.24, 2.45) is 0 Å². The van der Waals surface area contributed by atoms with Crippen molar-refractivity contribution in [1.29, 1.82) is 0 Å². The molecular weight excluding hydrogens is 1150 g/mol. The van der Waals surface area contributed by atoms with Crippen molar-refractivity contribution in [2.75, 3.05) is 47.5 Å². The molecule has 2 atom stereocenters. The van der Waals surface area contributed by atoms with Gasteiger partial charge in [-0.05, 0) is 64.2 Å². The first kappa shape index (κ1) is 90.8. The van der Waals surface area contributed by atoms with Crippen molar-refractivity contribution >= 4 is 17.9 Å². The first-order chi connectivity index (χ1) is 45.6. The highest BCUT2D eigenvalue weighted by molar-refractivity contribution is 5.71. The third-order valence-electron chi connectivity index (χ3n) is 19.2. The molecule has 0 saturated heterocycles. The number of likely N-dealkylation sites (N-methyl/N-ethyl adjacent to an activating group) is 1. The Morgan fingerprint density at radius 2 is 0.548 bits per heavy atom. The Kier molecular flexibility index (Phi) is 73.7. The number of allylic oxidation sites excluding steroid dienone is 4. The van der Waals surface area contributed by atoms with E-state index in [4.69, 9.17) is 18.9 Å². The van der Waals surface area contributed by atoms with E-state index in [0.717, 1.165) is 38.5 Å². The molecular formula is C84H162NO8+. The molecule has 9 heteroatoms. The fourth-order valence-corrected chi connectivity index (χ4v) is 12.8. The van der Waals surface area contributed by atoms with Gasteiger partial charge in [0, 0.05) is 12.8 Å². The van der Waals surface area contributed by atoms with E-state index in [1.165, 1.54) is 372 Å². The van der Waals surface area contributed by atoms with Crippen molar-refractivity contribution < 1.29 is 42.9 Å². The second kappa shape index (κ2) is 75.5. The monoisotopic (exact) mass is 1310 g/mol. The molecule has 0 radical (unpaired) electrons. The van der Waals surface area contributed by atoms with Gasteiger partial charge >= 0.3 is 17.9 Å². The molecule has 0 aromatic rings. The molecule has 2 unspecified atom stereocenters. The van der Waals surface area contributed by atoms with Gasteiger partial charge in [0.05, 0.1) is 34.4 Å². The topological polar surface area (TPSA) is 108 Å². The van der Waals surface area contributed by atoms with Crippen LogP contribution in [0, 0.1) is 0 Å². The van der Waals surface area contributed by atoms with Gasteiger partial charge in [-0.25, -0.2) is 4.79 Å². The lowest BCUT2D eigenvalue weighted by Gasteiger charge is -2.25. The third-order valence-corrected chi connectivity index (χ3v) is 19.2. The summed E-state index contributed by atoms with van der Waals surface area (Å²) in [5, 5.41) is 9.77. The van der Waals surface area contributed by atoms with Gasteiger partial charge in [0.2, 0.25) is 0 Å². The molecule has 1 N–H and O–H groups in total. The van der Waals surface area contributed by atoms with E-state index >= 15 is 0 Å². The Morgan fingerprint density at radius 1 is 0.312 bits per heavy atom. The second-order valence-electron chi connectivity index (χ2n) is 29.8. The molecule has 0 aliphatic heterocycles. The van der Waals surface area contributed by atoms with E-state index in [-0.39, 0.29) is 38.2 Å². The molecule has 93 heavy (non-hydrogen) atoms. The highest BCUT2D eigenvalue weighted by Gasteiger charge is 2.25. The SMILES string of the molecule is CCCCCCCCCC/C=C\CCCCCCCCCCCCCCCCCCCCCCCCCCCCCCCC(=O)OC(COC(=O)CCCCCCCCCCCCCCCCC/C=C\CCCCCCCCCC)COC(OCC[N+](C)(C)C)C(=O)O. The molecule has 0 aromatic heterocycles. The van der Waals surface area contributed by atoms with E-state index in [9.17, 15) is 19.5 Å². The predicted octanol–water partition coefficient (Wildman–Crippen LogP) is 26.5. The Bertz CT molecular complexity index is 1580. The van der Waals surface area contributed by atoms with Crippen LogP contribution in [0.15, 0.2) is 24.3 Å². The van der Waals surface area contributed by atoms with Crippen LogP contribution in [0.1, 0.15) is 438 Å². The molecule has 550 valence electrons. The number of carboxylic acid groups (broad SMARTS) is 1. The fraction of sp³-hybridized carbons (Fsp3) is 0.917. The zero-order chi connectivity index (χ0) is 67.5. The Balaban J connectivity index is 3.91. The van der Waals surface area contributed by atoms with E-state index in [0.29, 0.717) is 17.4 Å². The standard InChI is InChI=1S/C84H161NO8/c1-6-8-10-12-14-16-18-20-22-24-26-28-30-32-34-35-36-37-38-39-40-41-42-43-44-45-46-47-49-51-53-55-57-59-61-63-65-67-69-71-73-75-82(87)93-80(79-92-84(83(88)89)90-77-76-85(3,4)5)78-91-81(86)74-72-70-68-66-64-62-60-58-56-54-52-50-48-33-31-29-27-25-23-21-19-17-15-13-11-9-7-2/h24-27,80,84H,6-23,28-79H2,1-5H3/p+1/b26-24-,27-25-. The van der Waals surface area contributed by atoms with Gasteiger partial charge < -0.3 is 28.5 Å². The summed E-state index contributed by atoms with van der Waals surface area (Å²) in [5.74, 6) is -1.97. The summed E-state index contributed by atoms with van der Waals surface area (Å²) in [6, 6.07) is 0. The number of quaternary nitrogens is 1. The van der Waals surface area contributed by atoms with Crippen molar-refractivity contribution in [3.05, 3.63) is 24.3 Å². The van der Waals surface area contributed by atoms with Crippen LogP contribution in [0.4, 0.5) is 0 Å². The lowest BCUT2D eigenvalue weighted by molar-refractivity contribution is -0.870. The number of aliphatic carboxylic acids is 1. The van der Waals surface area contributed by atoms with Crippen LogP contribution in [0.5, 0.6) is 0 Å². The maximum absolute atomic E-state index is 13.0. The molecule has 9 nitrogen and oxygen atoms in total.